The molecule has 1 aliphatic heterocycles. The first-order chi connectivity index (χ1) is 8.81. The topological polar surface area (TPSA) is 47.4 Å². The van der Waals surface area contributed by atoms with Gasteiger partial charge in [-0.15, -0.1) is 0 Å². The van der Waals surface area contributed by atoms with E-state index in [1.54, 1.807) is 6.20 Å². The van der Waals surface area contributed by atoms with Gasteiger partial charge in [-0.3, -0.25) is 9.58 Å². The van der Waals surface area contributed by atoms with E-state index in [2.05, 4.69) is 21.0 Å². The van der Waals surface area contributed by atoms with Gasteiger partial charge >= 0.3 is 6.09 Å². The highest BCUT2D eigenvalue weighted by Gasteiger charge is 2.54. The minimum Gasteiger partial charge on any atom is -0.444 e. The van der Waals surface area contributed by atoms with Crippen molar-refractivity contribution in [3.8, 4) is 0 Å². The van der Waals surface area contributed by atoms with Gasteiger partial charge in [-0.2, -0.15) is 5.10 Å². The van der Waals surface area contributed by atoms with Gasteiger partial charge in [0.1, 0.15) is 5.60 Å². The van der Waals surface area contributed by atoms with Gasteiger partial charge in [-0.1, -0.05) is 0 Å². The monoisotopic (exact) mass is 327 g/mol. The lowest BCUT2D eigenvalue weighted by molar-refractivity contribution is 0.00218. The maximum atomic E-state index is 12.4. The molecular weight excluding hydrogens is 310 g/mol. The van der Waals surface area contributed by atoms with Crippen molar-refractivity contribution < 1.29 is 9.53 Å². The Morgan fingerprint density at radius 3 is 2.74 bits per heavy atom. The average Bonchev–Trinajstić information content (AvgIpc) is 2.94. The van der Waals surface area contributed by atoms with Crippen LogP contribution in [0, 0.1) is 0 Å². The van der Waals surface area contributed by atoms with Crippen LogP contribution in [0.4, 0.5) is 4.79 Å². The number of halogens is 1. The lowest BCUT2D eigenvalue weighted by atomic mass is 10.1. The molecule has 0 atom stereocenters. The smallest absolute Gasteiger partial charge is 0.411 e. The van der Waals surface area contributed by atoms with Gasteiger partial charge < -0.3 is 4.74 Å². The molecule has 0 unspecified atom stereocenters. The van der Waals surface area contributed by atoms with Crippen molar-refractivity contribution in [3.63, 3.8) is 0 Å². The molecule has 1 spiro atoms. The zero-order chi connectivity index (χ0) is 13.8. The molecule has 0 N–H and O–H groups in total. The molecular formula is C13H18BrN3O2. The second-order valence-electron chi connectivity index (χ2n) is 6.39. The number of ether oxygens (including phenoxy) is 1. The van der Waals surface area contributed by atoms with Crippen LogP contribution in [-0.4, -0.2) is 31.9 Å². The summed E-state index contributed by atoms with van der Waals surface area (Å²) in [5, 5.41) is 4.35. The van der Waals surface area contributed by atoms with Crippen molar-refractivity contribution in [2.24, 2.45) is 0 Å². The van der Waals surface area contributed by atoms with Crippen molar-refractivity contribution in [3.05, 3.63) is 16.4 Å². The van der Waals surface area contributed by atoms with Gasteiger partial charge in [0, 0.05) is 0 Å². The van der Waals surface area contributed by atoms with Crippen molar-refractivity contribution in [2.75, 3.05) is 0 Å². The molecule has 1 fully saturated rings. The summed E-state index contributed by atoms with van der Waals surface area (Å²) in [5.74, 6) is 0. The summed E-state index contributed by atoms with van der Waals surface area (Å²) in [6, 6.07) is 0. The number of hydrogen-bond donors (Lipinski definition) is 0. The lowest BCUT2D eigenvalue weighted by Crippen LogP contribution is -2.50. The van der Waals surface area contributed by atoms with E-state index >= 15 is 0 Å². The minimum absolute atomic E-state index is 0.0687. The summed E-state index contributed by atoms with van der Waals surface area (Å²) in [4.78, 5) is 14.2. The Morgan fingerprint density at radius 1 is 1.47 bits per heavy atom. The lowest BCUT2D eigenvalue weighted by Gasteiger charge is -2.37. The molecule has 0 radical (unpaired) electrons. The molecule has 1 aliphatic carbocycles. The minimum atomic E-state index is -0.456. The van der Waals surface area contributed by atoms with Crippen molar-refractivity contribution in [1.29, 1.82) is 0 Å². The van der Waals surface area contributed by atoms with Crippen molar-refractivity contribution in [1.82, 2.24) is 14.7 Å². The normalized spacial score (nSPS) is 20.3. The average molecular weight is 328 g/mol. The number of carbonyl (C=O) groups is 1. The van der Waals surface area contributed by atoms with Gasteiger partial charge in [-0.05, 0) is 49.5 Å². The Bertz CT molecular complexity index is 528. The SMILES string of the molecule is CC(C)(C)OC(=O)N1Cc2c(Br)cnn2CC12CC2. The first-order valence-corrected chi connectivity index (χ1v) is 7.31. The summed E-state index contributed by atoms with van der Waals surface area (Å²) >= 11 is 3.49. The maximum Gasteiger partial charge on any atom is 0.411 e. The van der Waals surface area contributed by atoms with Crippen LogP contribution in [0.3, 0.4) is 0 Å². The molecule has 1 amide bonds. The molecule has 0 saturated heterocycles. The highest BCUT2D eigenvalue weighted by molar-refractivity contribution is 9.10. The van der Waals surface area contributed by atoms with Crippen LogP contribution in [0.1, 0.15) is 39.3 Å². The number of aromatic nitrogens is 2. The number of carbonyl (C=O) groups excluding carboxylic acids is 1. The largest absolute Gasteiger partial charge is 0.444 e. The van der Waals surface area contributed by atoms with Crippen molar-refractivity contribution >= 4 is 22.0 Å². The summed E-state index contributed by atoms with van der Waals surface area (Å²) in [6.07, 6.45) is 3.64. The van der Waals surface area contributed by atoms with E-state index in [0.717, 1.165) is 29.6 Å². The van der Waals surface area contributed by atoms with Crippen LogP contribution in [0.25, 0.3) is 0 Å². The fourth-order valence-electron chi connectivity index (χ4n) is 2.51. The van der Waals surface area contributed by atoms with Gasteiger partial charge in [-0.25, -0.2) is 4.79 Å². The van der Waals surface area contributed by atoms with Crippen LogP contribution in [0.15, 0.2) is 10.7 Å². The van der Waals surface area contributed by atoms with E-state index in [1.165, 1.54) is 0 Å². The number of amides is 1. The van der Waals surface area contributed by atoms with Crippen LogP contribution in [0.5, 0.6) is 0 Å². The van der Waals surface area contributed by atoms with E-state index in [-0.39, 0.29) is 11.6 Å². The van der Waals surface area contributed by atoms with Gasteiger partial charge in [0.2, 0.25) is 0 Å². The van der Waals surface area contributed by atoms with E-state index < -0.39 is 5.60 Å². The molecule has 3 rings (SSSR count). The molecule has 2 aliphatic rings. The Labute approximate surface area is 121 Å². The van der Waals surface area contributed by atoms with Crippen LogP contribution >= 0.6 is 15.9 Å². The molecule has 0 bridgehead atoms. The second-order valence-corrected chi connectivity index (χ2v) is 7.24. The summed E-state index contributed by atoms with van der Waals surface area (Å²) < 4.78 is 8.48. The van der Waals surface area contributed by atoms with Crippen molar-refractivity contribution in [2.45, 2.75) is 57.8 Å². The number of fused-ring (bicyclic) bond motifs is 1. The molecule has 5 nitrogen and oxygen atoms in total. The predicted molar refractivity (Wildman–Crippen MR) is 73.7 cm³/mol. The molecule has 1 saturated carbocycles. The molecule has 104 valence electrons. The van der Waals surface area contributed by atoms with Crippen LogP contribution < -0.4 is 0 Å². The number of rotatable bonds is 0. The maximum absolute atomic E-state index is 12.4. The van der Waals surface area contributed by atoms with Gasteiger partial charge in [0.15, 0.2) is 0 Å². The van der Waals surface area contributed by atoms with Gasteiger partial charge in [0.05, 0.1) is 35.0 Å². The number of hydrogen-bond acceptors (Lipinski definition) is 3. The third-order valence-electron chi connectivity index (χ3n) is 3.66. The zero-order valence-electron chi connectivity index (χ0n) is 11.4. The van der Waals surface area contributed by atoms with E-state index in [4.69, 9.17) is 4.74 Å². The summed E-state index contributed by atoms with van der Waals surface area (Å²) in [5.41, 5.74) is 0.520. The summed E-state index contributed by atoms with van der Waals surface area (Å²) in [6.45, 7) is 7.03. The standard InChI is InChI=1S/C13H18BrN3O2/c1-12(2,3)19-11(18)16-7-10-9(14)6-15-17(10)8-13(16)4-5-13/h6H,4-5,7-8H2,1-3H3. The highest BCUT2D eigenvalue weighted by Crippen LogP contribution is 2.47. The van der Waals surface area contributed by atoms with Crippen LogP contribution in [0.2, 0.25) is 0 Å². The fraction of sp³-hybridized carbons (Fsp3) is 0.692. The predicted octanol–water partition coefficient (Wildman–Crippen LogP) is 2.93. The second kappa shape index (κ2) is 3.98. The molecule has 1 aromatic rings. The molecule has 0 aromatic carbocycles. The summed E-state index contributed by atoms with van der Waals surface area (Å²) in [7, 11) is 0. The Morgan fingerprint density at radius 2 is 2.16 bits per heavy atom. The molecule has 19 heavy (non-hydrogen) atoms. The molecule has 1 aromatic heterocycles. The Hall–Kier alpha value is -1.04. The quantitative estimate of drug-likeness (QED) is 0.736. The van der Waals surface area contributed by atoms with E-state index in [1.807, 2.05) is 30.4 Å². The number of nitrogens with zero attached hydrogens (tertiary/aromatic N) is 3. The Balaban J connectivity index is 1.86. The molecule has 2 heterocycles. The van der Waals surface area contributed by atoms with Gasteiger partial charge in [0.25, 0.3) is 0 Å². The highest BCUT2D eigenvalue weighted by atomic mass is 79.9. The zero-order valence-corrected chi connectivity index (χ0v) is 13.0. The fourth-order valence-corrected chi connectivity index (χ4v) is 2.93. The van der Waals surface area contributed by atoms with E-state index in [0.29, 0.717) is 6.54 Å². The molecule has 6 heteroatoms. The first kappa shape index (κ1) is 13.0. The first-order valence-electron chi connectivity index (χ1n) is 6.52. The third-order valence-corrected chi connectivity index (χ3v) is 4.33. The van der Waals surface area contributed by atoms with E-state index in [9.17, 15) is 4.79 Å². The van der Waals surface area contributed by atoms with Crippen LogP contribution in [-0.2, 0) is 17.8 Å². The third kappa shape index (κ3) is 2.26. The Kier molecular flexibility index (Phi) is 2.71.